The largest absolute Gasteiger partial charge is 0.481 e. The number of aliphatic hydroxyl groups excluding tert-OH is 3. The molecule has 0 fully saturated rings. The maximum atomic E-state index is 10.3. The minimum atomic E-state index is -0.689. The Hall–Kier alpha value is -1.96. The van der Waals surface area contributed by atoms with Gasteiger partial charge in [0.15, 0.2) is 0 Å². The minimum Gasteiger partial charge on any atom is -0.481 e. The third-order valence-corrected chi connectivity index (χ3v) is 11.2. The van der Waals surface area contributed by atoms with Gasteiger partial charge < -0.3 is 30.6 Å². The van der Waals surface area contributed by atoms with Crippen molar-refractivity contribution in [3.05, 3.63) is 36.5 Å². The van der Waals surface area contributed by atoms with Gasteiger partial charge in [0.1, 0.15) is 0 Å². The molecule has 3 atom stereocenters. The molecule has 0 bridgehead atoms. The Morgan fingerprint density at radius 1 is 0.328 bits per heavy atom. The summed E-state index contributed by atoms with van der Waals surface area (Å²) >= 11 is 0. The van der Waals surface area contributed by atoms with Gasteiger partial charge in [0.05, 0.1) is 18.3 Å². The first-order chi connectivity index (χ1) is 30.5. The first-order valence-electron chi connectivity index (χ1n) is 26.1. The predicted octanol–water partition coefficient (Wildman–Crippen LogP) is 14.9. The van der Waals surface area contributed by atoms with Crippen molar-refractivity contribution in [1.82, 2.24) is 0 Å². The van der Waals surface area contributed by atoms with Gasteiger partial charge in [-0.15, -0.1) is 0 Å². The van der Waals surface area contributed by atoms with Gasteiger partial charge in [-0.05, 0) is 96.3 Å². The molecule has 0 aliphatic heterocycles. The minimum absolute atomic E-state index is 0. The fourth-order valence-electron chi connectivity index (χ4n) is 7.09. The van der Waals surface area contributed by atoms with E-state index in [-0.39, 0.29) is 35.7 Å². The Morgan fingerprint density at radius 2 is 0.547 bits per heavy atom. The predicted molar refractivity (Wildman–Crippen MR) is 271 cm³/mol. The number of aliphatic hydroxyl groups is 3. The third kappa shape index (κ3) is 69.1. The molecule has 375 valence electrons. The number of hydrogen-bond acceptors (Lipinski definition) is 6. The van der Waals surface area contributed by atoms with Crippen molar-refractivity contribution in [2.24, 2.45) is 0 Å². The Morgan fingerprint density at radius 3 is 0.781 bits per heavy atom. The highest BCUT2D eigenvalue weighted by Gasteiger charge is 2.03. The van der Waals surface area contributed by atoms with E-state index < -0.39 is 17.9 Å². The zero-order valence-corrected chi connectivity index (χ0v) is 42.9. The second-order valence-electron chi connectivity index (χ2n) is 17.7. The summed E-state index contributed by atoms with van der Waals surface area (Å²) in [6.45, 7) is 6.60. The summed E-state index contributed by atoms with van der Waals surface area (Å²) in [6.07, 6.45) is 52.1. The molecule has 0 saturated heterocycles. The van der Waals surface area contributed by atoms with Crippen molar-refractivity contribution in [3.63, 3.8) is 0 Å². The summed E-state index contributed by atoms with van der Waals surface area (Å²) < 4.78 is 0. The van der Waals surface area contributed by atoms with Crippen LogP contribution in [0.5, 0.6) is 0 Å². The van der Waals surface area contributed by atoms with Crippen LogP contribution >= 0.6 is 0 Å². The first kappa shape index (κ1) is 68.6. The van der Waals surface area contributed by atoms with E-state index in [9.17, 15) is 29.7 Å². The van der Waals surface area contributed by atoms with Crippen LogP contribution in [0.15, 0.2) is 36.5 Å². The SMILES string of the molecule is CCCCCC[C@@H](O)C/C=C\CCCCCCCC(=O)O.CCCCCC[C@@H](O)C/C=C\CCCCCCCC(=O)O.CCCCCC[C@@H](O)C/C=C\CCCCCCCC(=O)O.[Al]. The molecule has 0 amide bonds. The van der Waals surface area contributed by atoms with E-state index in [2.05, 4.69) is 57.2 Å². The molecule has 0 aromatic rings. The van der Waals surface area contributed by atoms with Crippen molar-refractivity contribution in [2.45, 2.75) is 289 Å². The van der Waals surface area contributed by atoms with Gasteiger partial charge >= 0.3 is 17.9 Å². The van der Waals surface area contributed by atoms with Crippen LogP contribution in [0, 0.1) is 0 Å². The Labute approximate surface area is 404 Å². The first-order valence-corrected chi connectivity index (χ1v) is 26.1. The van der Waals surface area contributed by atoms with E-state index in [0.717, 1.165) is 154 Å². The molecule has 6 N–H and O–H groups in total. The lowest BCUT2D eigenvalue weighted by molar-refractivity contribution is -0.138. The molecule has 10 heteroatoms. The lowest BCUT2D eigenvalue weighted by Crippen LogP contribution is -2.04. The van der Waals surface area contributed by atoms with E-state index in [4.69, 9.17) is 15.3 Å². The van der Waals surface area contributed by atoms with E-state index in [1.165, 1.54) is 77.0 Å². The molecule has 64 heavy (non-hydrogen) atoms. The lowest BCUT2D eigenvalue weighted by Gasteiger charge is -2.07. The van der Waals surface area contributed by atoms with E-state index in [0.29, 0.717) is 19.3 Å². The maximum absolute atomic E-state index is 10.3. The molecule has 3 radical (unpaired) electrons. The van der Waals surface area contributed by atoms with Crippen LogP contribution in [0.25, 0.3) is 0 Å². The highest BCUT2D eigenvalue weighted by molar-refractivity contribution is 5.75. The number of aliphatic carboxylic acids is 3. The molecular weight excluding hydrogens is 820 g/mol. The average molecular weight is 922 g/mol. The number of carboxylic acids is 3. The van der Waals surface area contributed by atoms with Crippen molar-refractivity contribution >= 4 is 35.3 Å². The smallest absolute Gasteiger partial charge is 0.303 e. The second kappa shape index (κ2) is 59.1. The van der Waals surface area contributed by atoms with Crippen LogP contribution in [-0.4, -0.2) is 84.2 Å². The standard InChI is InChI=1S/3C18H34O3.Al/c3*1-2-3-4-11-14-17(19)15-12-9-7-5-6-8-10-13-16-18(20)21;/h3*9,12,17,19H,2-8,10-11,13-16H2,1H3,(H,20,21);/b3*12-9-;/t3*17-;/m111./s1. The molecule has 9 nitrogen and oxygen atoms in total. The zero-order chi connectivity index (χ0) is 47.3. The quantitative estimate of drug-likeness (QED) is 0.0197. The Kier molecular flexibility index (Phi) is 63.3. The van der Waals surface area contributed by atoms with Crippen molar-refractivity contribution in [2.75, 3.05) is 0 Å². The number of carbonyl (C=O) groups is 3. The lowest BCUT2D eigenvalue weighted by atomic mass is 10.1. The van der Waals surface area contributed by atoms with Crippen LogP contribution in [-0.2, 0) is 14.4 Å². The fourth-order valence-corrected chi connectivity index (χ4v) is 7.09. The van der Waals surface area contributed by atoms with E-state index in [1.54, 1.807) is 0 Å². The molecule has 0 heterocycles. The van der Waals surface area contributed by atoms with E-state index >= 15 is 0 Å². The number of hydrogen-bond donors (Lipinski definition) is 6. The van der Waals surface area contributed by atoms with Crippen LogP contribution < -0.4 is 0 Å². The zero-order valence-electron chi connectivity index (χ0n) is 41.8. The Balaban J connectivity index is -0.000000419. The molecule has 0 saturated carbocycles. The molecule has 0 aliphatic carbocycles. The number of allylic oxidation sites excluding steroid dienone is 3. The summed E-state index contributed by atoms with van der Waals surface area (Å²) in [5, 5.41) is 54.9. The fraction of sp³-hybridized carbons (Fsp3) is 0.833. The molecule has 0 spiro atoms. The van der Waals surface area contributed by atoms with Gasteiger partial charge in [-0.1, -0.05) is 192 Å². The van der Waals surface area contributed by atoms with Crippen LogP contribution in [0.3, 0.4) is 0 Å². The van der Waals surface area contributed by atoms with Crippen LogP contribution in [0.4, 0.5) is 0 Å². The molecule has 0 rings (SSSR count). The molecule has 0 aliphatic rings. The number of rotatable bonds is 45. The monoisotopic (exact) mass is 922 g/mol. The van der Waals surface area contributed by atoms with Gasteiger partial charge in [-0.2, -0.15) is 0 Å². The van der Waals surface area contributed by atoms with Gasteiger partial charge in [0.25, 0.3) is 0 Å². The molecular formula is C54H102AlO9. The van der Waals surface area contributed by atoms with E-state index in [1.807, 2.05) is 0 Å². The maximum Gasteiger partial charge on any atom is 0.303 e. The summed E-state index contributed by atoms with van der Waals surface area (Å²) in [6, 6.07) is 0. The summed E-state index contributed by atoms with van der Waals surface area (Å²) in [5.74, 6) is -2.07. The molecule has 0 aromatic carbocycles. The second-order valence-corrected chi connectivity index (χ2v) is 17.7. The van der Waals surface area contributed by atoms with Gasteiger partial charge in [-0.3, -0.25) is 14.4 Å². The van der Waals surface area contributed by atoms with Crippen molar-refractivity contribution in [3.8, 4) is 0 Å². The van der Waals surface area contributed by atoms with Crippen LogP contribution in [0.1, 0.15) is 271 Å². The molecule has 0 aromatic heterocycles. The van der Waals surface area contributed by atoms with Gasteiger partial charge in [0.2, 0.25) is 0 Å². The van der Waals surface area contributed by atoms with Gasteiger partial charge in [0, 0.05) is 36.6 Å². The summed E-state index contributed by atoms with van der Waals surface area (Å²) in [5.41, 5.74) is 0. The Bertz CT molecular complexity index is 919. The number of carboxylic acid groups (broad SMARTS) is 3. The van der Waals surface area contributed by atoms with Crippen LogP contribution in [0.2, 0.25) is 0 Å². The summed E-state index contributed by atoms with van der Waals surface area (Å²) in [4.78, 5) is 31.0. The third-order valence-electron chi connectivity index (χ3n) is 11.2. The highest BCUT2D eigenvalue weighted by Crippen LogP contribution is 2.14. The normalized spacial score (nSPS) is 12.7. The summed E-state index contributed by atoms with van der Waals surface area (Å²) in [7, 11) is 0. The topological polar surface area (TPSA) is 173 Å². The average Bonchev–Trinajstić information content (AvgIpc) is 3.24. The van der Waals surface area contributed by atoms with Gasteiger partial charge in [-0.25, -0.2) is 0 Å². The molecule has 0 unspecified atom stereocenters. The van der Waals surface area contributed by atoms with Crippen molar-refractivity contribution in [1.29, 1.82) is 0 Å². The number of unbranched alkanes of at least 4 members (excludes halogenated alkanes) is 24. The van der Waals surface area contributed by atoms with Crippen molar-refractivity contribution < 1.29 is 45.0 Å². The highest BCUT2D eigenvalue weighted by atomic mass is 27.0.